The van der Waals surface area contributed by atoms with E-state index < -0.39 is 96.8 Å². The van der Waals surface area contributed by atoms with Gasteiger partial charge < -0.3 is 76.8 Å². The SMILES string of the molecule is NN[C@@H](CCCCNC(=O)CC[C@H](NC(=O)CC[C@H](NC(=O)COCCOCCNC(=O)COCCOCCNC(O)CC[C@H](NC(=O)CCCCCCCCCCCCCCCCC(=O)O)C(=O)O)C(=O)O)C(=O)O)C(N)=O. The number of hydrogen-bond donors (Lipinski definition) is 14. The van der Waals surface area contributed by atoms with Crippen LogP contribution in [0.4, 0.5) is 0 Å². The summed E-state index contributed by atoms with van der Waals surface area (Å²) < 4.78 is 21.2. The molecule has 6 amide bonds. The van der Waals surface area contributed by atoms with Crippen molar-refractivity contribution in [3.8, 4) is 0 Å². The number of primary amides is 1. The van der Waals surface area contributed by atoms with Crippen molar-refractivity contribution < 1.29 is 92.4 Å². The minimum atomic E-state index is -1.49. The van der Waals surface area contributed by atoms with Gasteiger partial charge in [0.05, 0.1) is 45.7 Å². The molecule has 0 heterocycles. The third-order valence-corrected chi connectivity index (χ3v) is 12.2. The Hall–Kier alpha value is -5.62. The Bertz CT molecular complexity index is 1750. The zero-order valence-electron chi connectivity index (χ0n) is 45.9. The first-order valence-corrected chi connectivity index (χ1v) is 27.7. The summed E-state index contributed by atoms with van der Waals surface area (Å²) in [6.45, 7) is 0.458. The molecule has 28 nitrogen and oxygen atoms in total. The molecule has 0 bridgehead atoms. The van der Waals surface area contributed by atoms with E-state index in [4.69, 9.17) is 35.6 Å². The third-order valence-electron chi connectivity index (χ3n) is 12.2. The summed E-state index contributed by atoms with van der Waals surface area (Å²) in [6, 6.07) is -4.74. The molecular formula is C51H93N9O19. The maximum atomic E-state index is 12.5. The van der Waals surface area contributed by atoms with Crippen molar-refractivity contribution in [2.75, 3.05) is 72.5 Å². The van der Waals surface area contributed by atoms with E-state index in [1.165, 1.54) is 32.1 Å². The molecule has 0 rings (SSSR count). The number of nitrogens with one attached hydrogen (secondary N) is 7. The van der Waals surface area contributed by atoms with E-state index >= 15 is 0 Å². The number of rotatable bonds is 56. The van der Waals surface area contributed by atoms with Crippen molar-refractivity contribution in [1.29, 1.82) is 0 Å². The summed E-state index contributed by atoms with van der Waals surface area (Å²) >= 11 is 0. The van der Waals surface area contributed by atoms with Crippen LogP contribution < -0.4 is 48.9 Å². The van der Waals surface area contributed by atoms with Crippen molar-refractivity contribution in [2.24, 2.45) is 11.6 Å². The molecule has 0 aromatic rings. The fraction of sp³-hybridized carbons (Fsp3) is 0.804. The molecule has 28 heteroatoms. The molecule has 0 fully saturated rings. The Morgan fingerprint density at radius 1 is 0.380 bits per heavy atom. The van der Waals surface area contributed by atoms with E-state index in [1.807, 2.05) is 0 Å². The molecule has 79 heavy (non-hydrogen) atoms. The first-order chi connectivity index (χ1) is 37.9. The molecule has 0 spiro atoms. The van der Waals surface area contributed by atoms with E-state index in [1.54, 1.807) is 0 Å². The number of aliphatic hydroxyl groups excluding tert-OH is 1. The molecule has 0 aromatic heterocycles. The average molecular weight is 1140 g/mol. The highest BCUT2D eigenvalue weighted by Gasteiger charge is 2.25. The van der Waals surface area contributed by atoms with E-state index in [0.717, 1.165) is 51.4 Å². The van der Waals surface area contributed by atoms with Gasteiger partial charge in [-0.15, -0.1) is 0 Å². The molecule has 0 saturated heterocycles. The Kier molecular flexibility index (Phi) is 45.9. The summed E-state index contributed by atoms with van der Waals surface area (Å²) in [4.78, 5) is 118. The largest absolute Gasteiger partial charge is 0.481 e. The van der Waals surface area contributed by atoms with Gasteiger partial charge in [0.15, 0.2) is 0 Å². The standard InChI is InChI=1S/C51H93N9O19/c52-48(69)37(60-53)17-15-16-26-54-41(61)23-20-39(50(72)73)58-44(64)25-22-40(51(74)75)59-46(66)36-79-34-32-77-30-28-56-45(65)35-78-33-31-76-29-27-55-42(62)24-21-38(49(70)71)57-43(63)18-13-11-9-7-5-3-1-2-4-6-8-10-12-14-19-47(67)68/h37-40,42,55,60,62H,1-36,53H2,(H2,52,69)(H,54,61)(H,56,65)(H,57,63)(H,58,64)(H,59,66)(H,67,68)(H,70,71)(H,72,73)(H,74,75)/t37-,38-,39-,40-,42?/m0/s1. The van der Waals surface area contributed by atoms with Crippen LogP contribution in [0.5, 0.6) is 0 Å². The molecule has 456 valence electrons. The van der Waals surface area contributed by atoms with Crippen LogP contribution in [0.3, 0.4) is 0 Å². The van der Waals surface area contributed by atoms with Crippen LogP contribution in [0.15, 0.2) is 0 Å². The Labute approximate surface area is 463 Å². The minimum Gasteiger partial charge on any atom is -0.481 e. The van der Waals surface area contributed by atoms with E-state index in [9.17, 15) is 68.4 Å². The smallest absolute Gasteiger partial charge is 0.326 e. The lowest BCUT2D eigenvalue weighted by Crippen LogP contribution is -2.45. The van der Waals surface area contributed by atoms with Gasteiger partial charge in [0, 0.05) is 45.3 Å². The van der Waals surface area contributed by atoms with Gasteiger partial charge in [0.2, 0.25) is 35.4 Å². The number of hydrazine groups is 1. The van der Waals surface area contributed by atoms with Gasteiger partial charge in [-0.3, -0.25) is 44.7 Å². The summed E-state index contributed by atoms with van der Waals surface area (Å²) in [5.41, 5.74) is 7.48. The maximum absolute atomic E-state index is 12.5. The van der Waals surface area contributed by atoms with Crippen LogP contribution in [-0.2, 0) is 66.9 Å². The monoisotopic (exact) mass is 1140 g/mol. The minimum absolute atomic E-state index is 0.0324. The zero-order chi connectivity index (χ0) is 58.9. The molecule has 0 aliphatic carbocycles. The second-order valence-electron chi connectivity index (χ2n) is 19.0. The summed E-state index contributed by atoms with van der Waals surface area (Å²) in [7, 11) is 0. The fourth-order valence-corrected chi connectivity index (χ4v) is 7.68. The lowest BCUT2D eigenvalue weighted by molar-refractivity contribution is -0.144. The van der Waals surface area contributed by atoms with Gasteiger partial charge >= 0.3 is 23.9 Å². The van der Waals surface area contributed by atoms with Gasteiger partial charge in [-0.2, -0.15) is 0 Å². The molecule has 5 atom stereocenters. The molecule has 0 saturated carbocycles. The number of carboxylic acid groups (broad SMARTS) is 4. The van der Waals surface area contributed by atoms with Crippen molar-refractivity contribution in [1.82, 2.24) is 37.3 Å². The average Bonchev–Trinajstić information content (AvgIpc) is 3.39. The van der Waals surface area contributed by atoms with Crippen molar-refractivity contribution in [2.45, 2.75) is 191 Å². The molecule has 0 aromatic carbocycles. The number of carbonyl (C=O) groups excluding carboxylic acids is 6. The summed E-state index contributed by atoms with van der Waals surface area (Å²) in [6.07, 6.45) is 14.6. The van der Waals surface area contributed by atoms with Gasteiger partial charge in [-0.05, 0) is 57.8 Å². The molecule has 16 N–H and O–H groups in total. The lowest BCUT2D eigenvalue weighted by atomic mass is 10.0. The topological polar surface area (TPSA) is 445 Å². The van der Waals surface area contributed by atoms with E-state index in [-0.39, 0.29) is 117 Å². The summed E-state index contributed by atoms with van der Waals surface area (Å²) in [5.74, 6) is -2.90. The van der Waals surface area contributed by atoms with Crippen LogP contribution in [-0.4, -0.2) is 188 Å². The maximum Gasteiger partial charge on any atom is 0.326 e. The predicted molar refractivity (Wildman–Crippen MR) is 285 cm³/mol. The zero-order valence-corrected chi connectivity index (χ0v) is 45.9. The van der Waals surface area contributed by atoms with Crippen LogP contribution in [0.25, 0.3) is 0 Å². The molecule has 0 radical (unpaired) electrons. The number of unbranched alkanes of at least 4 members (excludes halogenated alkanes) is 14. The normalized spacial score (nSPS) is 13.0. The number of carboxylic acids is 4. The van der Waals surface area contributed by atoms with Crippen LogP contribution in [0.1, 0.15) is 161 Å². The number of aliphatic carboxylic acids is 4. The Balaban J connectivity index is 3.96. The first-order valence-electron chi connectivity index (χ1n) is 27.7. The molecule has 0 aliphatic rings. The number of carbonyl (C=O) groups is 10. The number of ether oxygens (including phenoxy) is 4. The van der Waals surface area contributed by atoms with Gasteiger partial charge in [-0.1, -0.05) is 77.0 Å². The molecule has 1 unspecified atom stereocenters. The highest BCUT2D eigenvalue weighted by Crippen LogP contribution is 2.14. The number of aliphatic hydroxyl groups is 1. The van der Waals surface area contributed by atoms with Gasteiger partial charge in [-0.25, -0.2) is 19.8 Å². The third kappa shape index (κ3) is 45.9. The van der Waals surface area contributed by atoms with Crippen LogP contribution >= 0.6 is 0 Å². The Morgan fingerprint density at radius 3 is 1.29 bits per heavy atom. The number of amides is 6. The number of nitrogens with two attached hydrogens (primary N) is 2. The number of hydrogen-bond acceptors (Lipinski definition) is 18. The second kappa shape index (κ2) is 49.4. The lowest BCUT2D eigenvalue weighted by Gasteiger charge is -2.18. The van der Waals surface area contributed by atoms with Crippen molar-refractivity contribution >= 4 is 59.3 Å². The van der Waals surface area contributed by atoms with Gasteiger partial charge in [0.1, 0.15) is 37.6 Å². The van der Waals surface area contributed by atoms with E-state index in [2.05, 4.69) is 37.3 Å². The predicted octanol–water partition coefficient (Wildman–Crippen LogP) is 0.0557. The fourth-order valence-electron chi connectivity index (χ4n) is 7.68. The van der Waals surface area contributed by atoms with Gasteiger partial charge in [0.25, 0.3) is 0 Å². The van der Waals surface area contributed by atoms with Crippen molar-refractivity contribution in [3.05, 3.63) is 0 Å². The Morgan fingerprint density at radius 2 is 0.797 bits per heavy atom. The second-order valence-corrected chi connectivity index (χ2v) is 19.0. The first kappa shape index (κ1) is 73.4. The quantitative estimate of drug-likeness (QED) is 0.0166. The summed E-state index contributed by atoms with van der Waals surface area (Å²) in [5, 5.41) is 62.6. The van der Waals surface area contributed by atoms with Crippen LogP contribution in [0.2, 0.25) is 0 Å². The highest BCUT2D eigenvalue weighted by atomic mass is 16.5. The van der Waals surface area contributed by atoms with Crippen molar-refractivity contribution in [3.63, 3.8) is 0 Å². The molecular weight excluding hydrogens is 1040 g/mol. The molecule has 0 aliphatic heterocycles. The highest BCUT2D eigenvalue weighted by molar-refractivity contribution is 5.87. The van der Waals surface area contributed by atoms with Crippen LogP contribution in [0, 0.1) is 0 Å². The van der Waals surface area contributed by atoms with E-state index in [0.29, 0.717) is 25.7 Å².